The number of carbonyl (C=O) groups is 1. The van der Waals surface area contributed by atoms with Crippen molar-refractivity contribution in [2.24, 2.45) is 16.6 Å². The van der Waals surface area contributed by atoms with E-state index in [1.54, 1.807) is 7.11 Å². The second kappa shape index (κ2) is 10.0. The maximum absolute atomic E-state index is 11.2. The van der Waals surface area contributed by atoms with Crippen molar-refractivity contribution in [3.05, 3.63) is 29.8 Å². The van der Waals surface area contributed by atoms with E-state index in [0.717, 1.165) is 44.0 Å². The third kappa shape index (κ3) is 5.91. The number of amides is 1. The van der Waals surface area contributed by atoms with Gasteiger partial charge in [-0.3, -0.25) is 9.79 Å². The summed E-state index contributed by atoms with van der Waals surface area (Å²) in [5, 5.41) is 13.7. The highest BCUT2D eigenvalue weighted by atomic mass is 16.5. The Balaban J connectivity index is 2.04. The summed E-state index contributed by atoms with van der Waals surface area (Å²) in [6.07, 6.45) is 1.71. The highest BCUT2D eigenvalue weighted by Gasteiger charge is 2.23. The minimum absolute atomic E-state index is 0.256. The van der Waals surface area contributed by atoms with Crippen molar-refractivity contribution in [3.8, 4) is 5.75 Å². The van der Waals surface area contributed by atoms with E-state index in [9.17, 15) is 9.90 Å². The number of carbonyl (C=O) groups excluding carboxylic acids is 1. The van der Waals surface area contributed by atoms with Crippen LogP contribution in [0.3, 0.4) is 0 Å². The predicted octanol–water partition coefficient (Wildman–Crippen LogP) is 1.28. The molecule has 1 saturated heterocycles. The number of ether oxygens (including phenoxy) is 1. The molecule has 1 aromatic rings. The molecule has 7 nitrogen and oxygen atoms in total. The van der Waals surface area contributed by atoms with Crippen LogP contribution in [-0.4, -0.2) is 55.2 Å². The van der Waals surface area contributed by atoms with Gasteiger partial charge in [-0.25, -0.2) is 0 Å². The number of piperidine rings is 1. The molecule has 4 N–H and O–H groups in total. The fourth-order valence-electron chi connectivity index (χ4n) is 3.26. The number of aliphatic hydroxyl groups excluding tert-OH is 1. The monoisotopic (exact) mass is 362 g/mol. The van der Waals surface area contributed by atoms with Gasteiger partial charge in [0.2, 0.25) is 5.91 Å². The van der Waals surface area contributed by atoms with Gasteiger partial charge in [0.25, 0.3) is 0 Å². The van der Waals surface area contributed by atoms with Gasteiger partial charge in [0.05, 0.1) is 19.8 Å². The van der Waals surface area contributed by atoms with Crippen LogP contribution in [-0.2, 0) is 4.79 Å². The lowest BCUT2D eigenvalue weighted by Crippen LogP contribution is -2.47. The van der Waals surface area contributed by atoms with Gasteiger partial charge in [-0.2, -0.15) is 0 Å². The fourth-order valence-corrected chi connectivity index (χ4v) is 3.26. The number of aliphatic hydroxyl groups is 1. The molecule has 2 rings (SSSR count). The Hall–Kier alpha value is -2.28. The number of nitrogens with zero attached hydrogens (tertiary/aromatic N) is 2. The van der Waals surface area contributed by atoms with E-state index in [4.69, 9.17) is 10.5 Å². The summed E-state index contributed by atoms with van der Waals surface area (Å²) in [4.78, 5) is 18.0. The third-order valence-corrected chi connectivity index (χ3v) is 4.54. The molecule has 1 aliphatic rings. The number of likely N-dealkylation sites (tertiary alicyclic amines) is 1. The first kappa shape index (κ1) is 20.0. The van der Waals surface area contributed by atoms with Crippen molar-refractivity contribution in [2.75, 3.05) is 33.3 Å². The Bertz CT molecular complexity index is 621. The number of guanidine groups is 1. The first-order chi connectivity index (χ1) is 12.5. The lowest BCUT2D eigenvalue weighted by molar-refractivity contribution is -0.119. The van der Waals surface area contributed by atoms with Gasteiger partial charge >= 0.3 is 0 Å². The number of hydrogen-bond donors (Lipinski definition) is 3. The average Bonchev–Trinajstić information content (AvgIpc) is 2.64. The Morgan fingerprint density at radius 3 is 3.04 bits per heavy atom. The summed E-state index contributed by atoms with van der Waals surface area (Å²) in [6.45, 7) is 4.65. The molecule has 1 heterocycles. The van der Waals surface area contributed by atoms with E-state index in [0.29, 0.717) is 12.2 Å². The van der Waals surface area contributed by atoms with Crippen LogP contribution in [0.1, 0.15) is 37.9 Å². The van der Waals surface area contributed by atoms with E-state index in [-0.39, 0.29) is 18.4 Å². The lowest BCUT2D eigenvalue weighted by atomic mass is 9.95. The largest absolute Gasteiger partial charge is 0.497 e. The summed E-state index contributed by atoms with van der Waals surface area (Å²) in [7, 11) is 1.60. The molecule has 1 aliphatic heterocycles. The van der Waals surface area contributed by atoms with E-state index < -0.39 is 6.10 Å². The van der Waals surface area contributed by atoms with Crippen molar-refractivity contribution >= 4 is 11.9 Å². The van der Waals surface area contributed by atoms with Gasteiger partial charge in [-0.15, -0.1) is 0 Å². The Labute approximate surface area is 155 Å². The zero-order chi connectivity index (χ0) is 18.9. The minimum atomic E-state index is -0.704. The molecule has 1 fully saturated rings. The quantitative estimate of drug-likeness (QED) is 0.501. The molecule has 1 aromatic carbocycles. The molecule has 1 amide bonds. The third-order valence-electron chi connectivity index (χ3n) is 4.54. The molecule has 0 radical (unpaired) electrons. The van der Waals surface area contributed by atoms with Gasteiger partial charge in [-0.05, 0) is 43.4 Å². The molecule has 2 unspecified atom stereocenters. The maximum Gasteiger partial charge on any atom is 0.217 e. The van der Waals surface area contributed by atoms with E-state index >= 15 is 0 Å². The standard InChI is InChI=1S/C19H30N4O3/c1-3-21-19(23-9-5-6-14(13-23)10-18(20)25)22-12-17(24)15-7-4-8-16(11-15)26-2/h4,7-8,11,14,17,24H,3,5-6,9-10,12-13H2,1-2H3,(H2,20,25)(H,21,22). The molecular formula is C19H30N4O3. The Kier molecular flexibility index (Phi) is 7.72. The molecule has 26 heavy (non-hydrogen) atoms. The van der Waals surface area contributed by atoms with Gasteiger partial charge in [-0.1, -0.05) is 12.1 Å². The molecule has 2 atom stereocenters. The van der Waals surface area contributed by atoms with Crippen LogP contribution in [0.15, 0.2) is 29.3 Å². The molecule has 0 bridgehead atoms. The normalized spacial score (nSPS) is 19.1. The van der Waals surface area contributed by atoms with Crippen molar-refractivity contribution < 1.29 is 14.6 Å². The van der Waals surface area contributed by atoms with Crippen LogP contribution in [0.4, 0.5) is 0 Å². The van der Waals surface area contributed by atoms with Crippen molar-refractivity contribution in [1.29, 1.82) is 0 Å². The second-order valence-electron chi connectivity index (χ2n) is 6.61. The first-order valence-corrected chi connectivity index (χ1v) is 9.17. The summed E-state index contributed by atoms with van der Waals surface area (Å²) >= 11 is 0. The van der Waals surface area contributed by atoms with Gasteiger partial charge < -0.3 is 25.8 Å². The number of hydrogen-bond acceptors (Lipinski definition) is 4. The lowest BCUT2D eigenvalue weighted by Gasteiger charge is -2.34. The molecule has 7 heteroatoms. The summed E-state index contributed by atoms with van der Waals surface area (Å²) in [6, 6.07) is 7.37. The van der Waals surface area contributed by atoms with E-state index in [2.05, 4.69) is 15.2 Å². The SMILES string of the molecule is CCNC(=NCC(O)c1cccc(OC)c1)N1CCCC(CC(N)=O)C1. The topological polar surface area (TPSA) is 100 Å². The average molecular weight is 362 g/mol. The minimum Gasteiger partial charge on any atom is -0.497 e. The van der Waals surface area contributed by atoms with Gasteiger partial charge in [0.1, 0.15) is 5.75 Å². The number of aliphatic imine (C=N–C) groups is 1. The number of methoxy groups -OCH3 is 1. The Morgan fingerprint density at radius 2 is 2.35 bits per heavy atom. The van der Waals surface area contributed by atoms with Crippen LogP contribution in [0, 0.1) is 5.92 Å². The zero-order valence-electron chi connectivity index (χ0n) is 15.6. The number of benzene rings is 1. The van der Waals surface area contributed by atoms with Crippen LogP contribution < -0.4 is 15.8 Å². The number of primary amides is 1. The summed E-state index contributed by atoms with van der Waals surface area (Å²) < 4.78 is 5.20. The molecule has 0 spiro atoms. The van der Waals surface area contributed by atoms with Crippen LogP contribution >= 0.6 is 0 Å². The maximum atomic E-state index is 11.2. The summed E-state index contributed by atoms with van der Waals surface area (Å²) in [5.74, 6) is 1.48. The van der Waals surface area contributed by atoms with E-state index in [1.807, 2.05) is 31.2 Å². The second-order valence-corrected chi connectivity index (χ2v) is 6.61. The van der Waals surface area contributed by atoms with Crippen LogP contribution in [0.5, 0.6) is 5.75 Å². The Morgan fingerprint density at radius 1 is 1.54 bits per heavy atom. The first-order valence-electron chi connectivity index (χ1n) is 9.17. The van der Waals surface area contributed by atoms with Crippen molar-refractivity contribution in [2.45, 2.75) is 32.3 Å². The van der Waals surface area contributed by atoms with Crippen molar-refractivity contribution in [1.82, 2.24) is 10.2 Å². The number of nitrogens with two attached hydrogens (primary N) is 1. The molecule has 0 aliphatic carbocycles. The smallest absolute Gasteiger partial charge is 0.217 e. The van der Waals surface area contributed by atoms with Crippen molar-refractivity contribution in [3.63, 3.8) is 0 Å². The number of nitrogens with one attached hydrogen (secondary N) is 1. The predicted molar refractivity (Wildman–Crippen MR) is 102 cm³/mol. The zero-order valence-corrected chi connectivity index (χ0v) is 15.6. The fraction of sp³-hybridized carbons (Fsp3) is 0.579. The highest BCUT2D eigenvalue weighted by molar-refractivity contribution is 5.80. The number of rotatable bonds is 7. The molecule has 0 aromatic heterocycles. The van der Waals surface area contributed by atoms with Crippen LogP contribution in [0.25, 0.3) is 0 Å². The molecular weight excluding hydrogens is 332 g/mol. The molecule has 0 saturated carbocycles. The van der Waals surface area contributed by atoms with Gasteiger partial charge in [0.15, 0.2) is 5.96 Å². The van der Waals surface area contributed by atoms with Gasteiger partial charge in [0, 0.05) is 26.1 Å². The molecule has 144 valence electrons. The van der Waals surface area contributed by atoms with E-state index in [1.165, 1.54) is 0 Å². The summed E-state index contributed by atoms with van der Waals surface area (Å²) in [5.41, 5.74) is 6.12. The van der Waals surface area contributed by atoms with Crippen LogP contribution in [0.2, 0.25) is 0 Å². The highest BCUT2D eigenvalue weighted by Crippen LogP contribution is 2.21.